The van der Waals surface area contributed by atoms with E-state index in [1.807, 2.05) is 0 Å². The Hall–Kier alpha value is -1.72. The third-order valence-corrected chi connectivity index (χ3v) is 3.31. The van der Waals surface area contributed by atoms with Gasteiger partial charge in [0.15, 0.2) is 0 Å². The van der Waals surface area contributed by atoms with Crippen molar-refractivity contribution >= 4 is 23.9 Å². The van der Waals surface area contributed by atoms with Crippen LogP contribution in [0.1, 0.15) is 6.42 Å². The average Bonchev–Trinajstić information content (AvgIpc) is 2.72. The molecule has 15 heavy (non-hydrogen) atoms. The van der Waals surface area contributed by atoms with Crippen LogP contribution in [0.4, 0.5) is 0 Å². The van der Waals surface area contributed by atoms with Crippen molar-refractivity contribution in [3.8, 4) is 0 Å². The molecule has 0 aromatic heterocycles. The minimum atomic E-state index is -0.804. The van der Waals surface area contributed by atoms with E-state index in [-0.39, 0.29) is 6.42 Å². The van der Waals surface area contributed by atoms with Crippen molar-refractivity contribution in [2.24, 2.45) is 23.7 Å². The van der Waals surface area contributed by atoms with Crippen molar-refractivity contribution in [2.45, 2.75) is 6.42 Å². The highest BCUT2D eigenvalue weighted by molar-refractivity contribution is 6.05. The number of cyclic esters (lactones) is 4. The molecule has 2 saturated heterocycles. The number of ether oxygens (including phenoxy) is 2. The summed E-state index contributed by atoms with van der Waals surface area (Å²) < 4.78 is 8.85. The van der Waals surface area contributed by atoms with Crippen molar-refractivity contribution < 1.29 is 28.7 Å². The van der Waals surface area contributed by atoms with Crippen LogP contribution in [0.15, 0.2) is 0 Å². The van der Waals surface area contributed by atoms with Crippen LogP contribution >= 0.6 is 0 Å². The maximum atomic E-state index is 11.3. The Morgan fingerprint density at radius 1 is 0.733 bits per heavy atom. The summed E-state index contributed by atoms with van der Waals surface area (Å²) in [6.07, 6.45) is 0.185. The second kappa shape index (κ2) is 2.44. The van der Waals surface area contributed by atoms with Crippen molar-refractivity contribution in [1.82, 2.24) is 0 Å². The van der Waals surface area contributed by atoms with Gasteiger partial charge in [-0.15, -0.1) is 0 Å². The van der Waals surface area contributed by atoms with Crippen LogP contribution in [0.5, 0.6) is 0 Å². The van der Waals surface area contributed by atoms with Gasteiger partial charge in [0.1, 0.15) is 0 Å². The first-order valence-electron chi connectivity index (χ1n) is 4.60. The fourth-order valence-electron chi connectivity index (χ4n) is 2.66. The lowest BCUT2D eigenvalue weighted by Gasteiger charge is -2.06. The summed E-state index contributed by atoms with van der Waals surface area (Å²) in [5.74, 6) is -5.54. The molecule has 0 spiro atoms. The van der Waals surface area contributed by atoms with Crippen LogP contribution in [-0.4, -0.2) is 23.9 Å². The van der Waals surface area contributed by atoms with Crippen LogP contribution in [-0.2, 0) is 28.7 Å². The van der Waals surface area contributed by atoms with Crippen LogP contribution in [0.3, 0.4) is 0 Å². The SMILES string of the molecule is O=C1OC(=O)[C@@H]2C[C@@H]3C(=O)OC(=O)[C@H]3[C@@H]12. The zero-order valence-corrected chi connectivity index (χ0v) is 7.47. The lowest BCUT2D eigenvalue weighted by Crippen LogP contribution is -2.24. The number of rotatable bonds is 0. The van der Waals surface area contributed by atoms with Gasteiger partial charge in [0.2, 0.25) is 0 Å². The predicted octanol–water partition coefficient (Wildman–Crippen LogP) is -0.978. The van der Waals surface area contributed by atoms with Crippen LogP contribution in [0.2, 0.25) is 0 Å². The molecule has 3 aliphatic rings. The van der Waals surface area contributed by atoms with Gasteiger partial charge in [-0.1, -0.05) is 0 Å². The second-order valence-electron chi connectivity index (χ2n) is 3.98. The molecule has 3 rings (SSSR count). The minimum Gasteiger partial charge on any atom is -0.393 e. The van der Waals surface area contributed by atoms with Crippen LogP contribution in [0, 0.1) is 23.7 Å². The first-order valence-corrected chi connectivity index (χ1v) is 4.60. The molecule has 0 bridgehead atoms. The maximum Gasteiger partial charge on any atom is 0.318 e. The zero-order valence-electron chi connectivity index (χ0n) is 7.47. The van der Waals surface area contributed by atoms with Crippen molar-refractivity contribution in [2.75, 3.05) is 0 Å². The number of carbonyl (C=O) groups is 4. The summed E-state index contributed by atoms with van der Waals surface area (Å²) >= 11 is 0. The molecule has 6 nitrogen and oxygen atoms in total. The topological polar surface area (TPSA) is 86.7 Å². The quantitative estimate of drug-likeness (QED) is 0.377. The van der Waals surface area contributed by atoms with Crippen LogP contribution < -0.4 is 0 Å². The molecule has 78 valence electrons. The summed E-state index contributed by atoms with van der Waals surface area (Å²) in [5.41, 5.74) is 0. The molecule has 0 radical (unpaired) electrons. The molecule has 0 N–H and O–H groups in total. The van der Waals surface area contributed by atoms with Crippen LogP contribution in [0.25, 0.3) is 0 Å². The van der Waals surface area contributed by atoms with Gasteiger partial charge in [-0.05, 0) is 6.42 Å². The predicted molar refractivity (Wildman–Crippen MR) is 40.8 cm³/mol. The summed E-state index contributed by atoms with van der Waals surface area (Å²) in [5, 5.41) is 0. The number of fused-ring (bicyclic) bond motifs is 3. The van der Waals surface area contributed by atoms with Gasteiger partial charge >= 0.3 is 23.9 Å². The minimum absolute atomic E-state index is 0.185. The molecule has 4 atom stereocenters. The molecule has 0 aromatic rings. The number of hydrogen-bond acceptors (Lipinski definition) is 6. The largest absolute Gasteiger partial charge is 0.393 e. The highest BCUT2D eigenvalue weighted by atomic mass is 16.6. The second-order valence-corrected chi connectivity index (χ2v) is 3.98. The summed E-state index contributed by atoms with van der Waals surface area (Å²) in [4.78, 5) is 45.0. The highest BCUT2D eigenvalue weighted by Gasteiger charge is 2.64. The maximum absolute atomic E-state index is 11.3. The summed E-state index contributed by atoms with van der Waals surface area (Å²) in [7, 11) is 0. The van der Waals surface area contributed by atoms with Crippen molar-refractivity contribution in [1.29, 1.82) is 0 Å². The third kappa shape index (κ3) is 0.886. The van der Waals surface area contributed by atoms with E-state index in [1.54, 1.807) is 0 Å². The summed E-state index contributed by atoms with van der Waals surface area (Å²) in [6.45, 7) is 0. The number of esters is 4. The van der Waals surface area contributed by atoms with E-state index in [4.69, 9.17) is 0 Å². The molecular weight excluding hydrogens is 204 g/mol. The van der Waals surface area contributed by atoms with Gasteiger partial charge in [-0.2, -0.15) is 0 Å². The van der Waals surface area contributed by atoms with Gasteiger partial charge in [0.05, 0.1) is 23.7 Å². The van der Waals surface area contributed by atoms with E-state index in [2.05, 4.69) is 9.47 Å². The smallest absolute Gasteiger partial charge is 0.318 e. The van der Waals surface area contributed by atoms with Crippen molar-refractivity contribution in [3.05, 3.63) is 0 Å². The fourth-order valence-corrected chi connectivity index (χ4v) is 2.66. The molecule has 1 aliphatic carbocycles. The highest BCUT2D eigenvalue weighted by Crippen LogP contribution is 2.49. The third-order valence-electron chi connectivity index (χ3n) is 3.31. The van der Waals surface area contributed by atoms with Gasteiger partial charge < -0.3 is 9.47 Å². The Morgan fingerprint density at radius 3 is 1.53 bits per heavy atom. The molecule has 3 fully saturated rings. The zero-order chi connectivity index (χ0) is 10.7. The Morgan fingerprint density at radius 2 is 1.13 bits per heavy atom. The number of hydrogen-bond donors (Lipinski definition) is 0. The summed E-state index contributed by atoms with van der Waals surface area (Å²) in [6, 6.07) is 0. The van der Waals surface area contributed by atoms with Gasteiger partial charge in [0, 0.05) is 0 Å². The Bertz CT molecular complexity index is 373. The molecular formula is C9H6O6. The van der Waals surface area contributed by atoms with Gasteiger partial charge in [0.25, 0.3) is 0 Å². The molecule has 0 amide bonds. The van der Waals surface area contributed by atoms with E-state index < -0.39 is 47.5 Å². The van der Waals surface area contributed by atoms with Crippen molar-refractivity contribution in [3.63, 3.8) is 0 Å². The van der Waals surface area contributed by atoms with E-state index in [0.717, 1.165) is 0 Å². The Balaban J connectivity index is 2.03. The fraction of sp³-hybridized carbons (Fsp3) is 0.556. The molecule has 6 heteroatoms. The molecule has 2 heterocycles. The number of carbonyl (C=O) groups excluding carboxylic acids is 4. The molecule has 0 unspecified atom stereocenters. The average molecular weight is 210 g/mol. The van der Waals surface area contributed by atoms with E-state index in [1.165, 1.54) is 0 Å². The lowest BCUT2D eigenvalue weighted by molar-refractivity contribution is -0.158. The molecule has 0 aromatic carbocycles. The van der Waals surface area contributed by atoms with Gasteiger partial charge in [-0.3, -0.25) is 19.2 Å². The van der Waals surface area contributed by atoms with Gasteiger partial charge in [-0.25, -0.2) is 0 Å². The first-order chi connectivity index (χ1) is 7.09. The van der Waals surface area contributed by atoms with E-state index in [0.29, 0.717) is 0 Å². The lowest BCUT2D eigenvalue weighted by atomic mass is 9.90. The Labute approximate surface area is 83.5 Å². The molecule has 1 saturated carbocycles. The monoisotopic (exact) mass is 210 g/mol. The van der Waals surface area contributed by atoms with E-state index >= 15 is 0 Å². The standard InChI is InChI=1S/C9H6O6/c10-6-2-1-3-5(4(2)8(12)14-6)9(13)15-7(3)11/h2-5H,1H2/t2-,3+,4+,5-. The first kappa shape index (κ1) is 8.58. The molecule has 2 aliphatic heterocycles. The van der Waals surface area contributed by atoms with E-state index in [9.17, 15) is 19.2 Å². The Kier molecular flexibility index (Phi) is 1.40. The normalized spacial score (nSPS) is 42.7.